The Hall–Kier alpha value is -1.43. The summed E-state index contributed by atoms with van der Waals surface area (Å²) in [7, 11) is 0. The van der Waals surface area contributed by atoms with Gasteiger partial charge in [-0.1, -0.05) is 6.92 Å². The van der Waals surface area contributed by atoms with Crippen LogP contribution in [0.5, 0.6) is 0 Å². The minimum atomic E-state index is -0.536. The van der Waals surface area contributed by atoms with Crippen molar-refractivity contribution < 1.29 is 19.1 Å². The van der Waals surface area contributed by atoms with Crippen LogP contribution in [0.4, 0.5) is 0 Å². The summed E-state index contributed by atoms with van der Waals surface area (Å²) in [6, 6.07) is -0.536. The van der Waals surface area contributed by atoms with Crippen molar-refractivity contribution in [3.63, 3.8) is 0 Å². The number of amides is 3. The Labute approximate surface area is 106 Å². The van der Waals surface area contributed by atoms with Gasteiger partial charge < -0.3 is 9.64 Å². The van der Waals surface area contributed by atoms with Crippen molar-refractivity contribution in [2.45, 2.75) is 38.8 Å². The molecule has 18 heavy (non-hydrogen) atoms. The molecular formula is C12H18N2O4. The molecule has 1 N–H and O–H groups in total. The largest absolute Gasteiger partial charge is 0.378 e. The van der Waals surface area contributed by atoms with Gasteiger partial charge in [0.1, 0.15) is 12.6 Å². The van der Waals surface area contributed by atoms with Crippen LogP contribution in [0.15, 0.2) is 0 Å². The summed E-state index contributed by atoms with van der Waals surface area (Å²) >= 11 is 0. The van der Waals surface area contributed by atoms with Crippen LogP contribution in [-0.2, 0) is 19.1 Å². The fourth-order valence-corrected chi connectivity index (χ4v) is 2.53. The maximum Gasteiger partial charge on any atom is 0.249 e. The highest BCUT2D eigenvalue weighted by molar-refractivity contribution is 6.04. The van der Waals surface area contributed by atoms with Crippen molar-refractivity contribution in [1.82, 2.24) is 10.2 Å². The lowest BCUT2D eigenvalue weighted by molar-refractivity contribution is -0.152. The van der Waals surface area contributed by atoms with Gasteiger partial charge in [0.25, 0.3) is 0 Å². The molecule has 2 fully saturated rings. The van der Waals surface area contributed by atoms with Gasteiger partial charge in [-0.25, -0.2) is 0 Å². The van der Waals surface area contributed by atoms with Crippen LogP contribution in [-0.4, -0.2) is 47.9 Å². The molecule has 0 bridgehead atoms. The number of ether oxygens (including phenoxy) is 1. The van der Waals surface area contributed by atoms with Gasteiger partial charge in [0, 0.05) is 0 Å². The van der Waals surface area contributed by atoms with Gasteiger partial charge in [0.05, 0.1) is 18.6 Å². The first-order valence-electron chi connectivity index (χ1n) is 6.28. The summed E-state index contributed by atoms with van der Waals surface area (Å²) in [4.78, 5) is 36.8. The third-order valence-electron chi connectivity index (χ3n) is 3.47. The van der Waals surface area contributed by atoms with E-state index in [1.54, 1.807) is 0 Å². The number of carbonyl (C=O) groups excluding carboxylic acids is 3. The average molecular weight is 254 g/mol. The Bertz CT molecular complexity index is 382. The third-order valence-corrected chi connectivity index (χ3v) is 3.47. The molecule has 6 heteroatoms. The van der Waals surface area contributed by atoms with E-state index in [-0.39, 0.29) is 30.4 Å². The molecule has 3 amide bonds. The second-order valence-electron chi connectivity index (χ2n) is 4.88. The molecule has 0 radical (unpaired) electrons. The lowest BCUT2D eigenvalue weighted by atomic mass is 10.0. The smallest absolute Gasteiger partial charge is 0.249 e. The van der Waals surface area contributed by atoms with Gasteiger partial charge in [0.15, 0.2) is 0 Å². The van der Waals surface area contributed by atoms with Crippen LogP contribution in [0, 0.1) is 5.92 Å². The number of imide groups is 1. The Morgan fingerprint density at radius 1 is 1.50 bits per heavy atom. The summed E-state index contributed by atoms with van der Waals surface area (Å²) in [5, 5.41) is 2.26. The second-order valence-corrected chi connectivity index (χ2v) is 4.88. The van der Waals surface area contributed by atoms with Crippen molar-refractivity contribution in [3.8, 4) is 0 Å². The highest BCUT2D eigenvalue weighted by Crippen LogP contribution is 2.23. The van der Waals surface area contributed by atoms with Gasteiger partial charge in [0.2, 0.25) is 17.7 Å². The normalized spacial score (nSPS) is 32.6. The first-order chi connectivity index (χ1) is 8.52. The zero-order valence-electron chi connectivity index (χ0n) is 10.6. The van der Waals surface area contributed by atoms with Gasteiger partial charge in [-0.2, -0.15) is 0 Å². The van der Waals surface area contributed by atoms with Crippen molar-refractivity contribution >= 4 is 17.7 Å². The van der Waals surface area contributed by atoms with Crippen molar-refractivity contribution in [2.75, 3.05) is 13.2 Å². The van der Waals surface area contributed by atoms with E-state index in [4.69, 9.17) is 4.74 Å². The van der Waals surface area contributed by atoms with E-state index in [2.05, 4.69) is 5.32 Å². The lowest BCUT2D eigenvalue weighted by Gasteiger charge is -2.34. The molecule has 0 aromatic carbocycles. The highest BCUT2D eigenvalue weighted by atomic mass is 16.5. The molecule has 3 unspecified atom stereocenters. The molecule has 2 heterocycles. The minimum absolute atomic E-state index is 0.0338. The van der Waals surface area contributed by atoms with Gasteiger partial charge in [-0.3, -0.25) is 19.7 Å². The molecule has 0 aromatic rings. The van der Waals surface area contributed by atoms with Crippen LogP contribution < -0.4 is 5.32 Å². The first kappa shape index (κ1) is 13.0. The van der Waals surface area contributed by atoms with Crippen molar-refractivity contribution in [1.29, 1.82) is 0 Å². The summed E-state index contributed by atoms with van der Waals surface area (Å²) in [6.07, 6.45) is 1.23. The summed E-state index contributed by atoms with van der Waals surface area (Å²) < 4.78 is 5.37. The Balaban J connectivity index is 2.11. The number of hydrogen-bond donors (Lipinski definition) is 1. The number of nitrogens with one attached hydrogen (secondary N) is 1. The number of hydrogen-bond acceptors (Lipinski definition) is 4. The number of rotatable bonds is 2. The van der Waals surface area contributed by atoms with Crippen LogP contribution in [0.2, 0.25) is 0 Å². The molecule has 0 aromatic heterocycles. The van der Waals surface area contributed by atoms with Crippen LogP contribution in [0.3, 0.4) is 0 Å². The molecule has 6 nitrogen and oxygen atoms in total. The Morgan fingerprint density at radius 2 is 2.22 bits per heavy atom. The maximum absolute atomic E-state index is 12.3. The molecule has 2 aliphatic rings. The maximum atomic E-state index is 12.3. The zero-order valence-corrected chi connectivity index (χ0v) is 10.6. The van der Waals surface area contributed by atoms with Gasteiger partial charge in [-0.05, 0) is 19.8 Å². The van der Waals surface area contributed by atoms with Crippen LogP contribution >= 0.6 is 0 Å². The fraction of sp³-hybridized carbons (Fsp3) is 0.750. The molecule has 2 saturated heterocycles. The number of carbonyl (C=O) groups is 3. The van der Waals surface area contributed by atoms with Crippen LogP contribution in [0.1, 0.15) is 26.7 Å². The number of nitrogens with zero attached hydrogens (tertiary/aromatic N) is 1. The summed E-state index contributed by atoms with van der Waals surface area (Å²) in [5.41, 5.74) is 0. The second kappa shape index (κ2) is 5.06. The Kier molecular flexibility index (Phi) is 3.65. The Morgan fingerprint density at radius 3 is 2.78 bits per heavy atom. The molecule has 3 atom stereocenters. The summed E-state index contributed by atoms with van der Waals surface area (Å²) in [6.45, 7) is 4.09. The monoisotopic (exact) mass is 254 g/mol. The van der Waals surface area contributed by atoms with Crippen molar-refractivity contribution in [3.05, 3.63) is 0 Å². The predicted octanol–water partition coefficient (Wildman–Crippen LogP) is -0.325. The van der Waals surface area contributed by atoms with E-state index in [1.807, 2.05) is 13.8 Å². The number of piperazine rings is 1. The highest BCUT2D eigenvalue weighted by Gasteiger charge is 2.40. The lowest BCUT2D eigenvalue weighted by Crippen LogP contribution is -2.60. The van der Waals surface area contributed by atoms with E-state index >= 15 is 0 Å². The molecular weight excluding hydrogens is 236 g/mol. The van der Waals surface area contributed by atoms with Crippen molar-refractivity contribution in [2.24, 2.45) is 5.92 Å². The SMILES string of the molecule is CCC1C(=O)NC(=O)CN1C(=O)C1COC(C)C1. The average Bonchev–Trinajstić information content (AvgIpc) is 2.74. The van der Waals surface area contributed by atoms with E-state index in [0.717, 1.165) is 0 Å². The van der Waals surface area contributed by atoms with Gasteiger partial charge in [-0.15, -0.1) is 0 Å². The van der Waals surface area contributed by atoms with E-state index in [9.17, 15) is 14.4 Å². The molecule has 0 saturated carbocycles. The molecule has 0 aliphatic carbocycles. The van der Waals surface area contributed by atoms with E-state index in [1.165, 1.54) is 4.90 Å². The topological polar surface area (TPSA) is 75.7 Å². The standard InChI is InChI=1S/C12H18N2O4/c1-3-9-11(16)13-10(15)5-14(9)12(17)8-4-7(2)18-6-8/h7-9H,3-6H2,1-2H3,(H,13,15,16). The fourth-order valence-electron chi connectivity index (χ4n) is 2.53. The van der Waals surface area contributed by atoms with Gasteiger partial charge >= 0.3 is 0 Å². The quantitative estimate of drug-likeness (QED) is 0.685. The van der Waals surface area contributed by atoms with E-state index in [0.29, 0.717) is 19.4 Å². The van der Waals surface area contributed by atoms with Crippen LogP contribution in [0.25, 0.3) is 0 Å². The molecule has 0 spiro atoms. The first-order valence-corrected chi connectivity index (χ1v) is 6.28. The zero-order chi connectivity index (χ0) is 13.3. The summed E-state index contributed by atoms with van der Waals surface area (Å²) in [5.74, 6) is -1.17. The predicted molar refractivity (Wildman–Crippen MR) is 62.5 cm³/mol. The molecule has 2 aliphatic heterocycles. The molecule has 100 valence electrons. The van der Waals surface area contributed by atoms with E-state index < -0.39 is 11.9 Å². The minimum Gasteiger partial charge on any atom is -0.378 e. The third kappa shape index (κ3) is 2.38. The molecule has 2 rings (SSSR count).